The quantitative estimate of drug-likeness (QED) is 0.590. The minimum atomic E-state index is 0.816. The molecule has 3 heterocycles. The molecule has 0 amide bonds. The maximum absolute atomic E-state index is 5.25. The lowest BCUT2D eigenvalue weighted by Crippen LogP contribution is -1.69. The van der Waals surface area contributed by atoms with Crippen molar-refractivity contribution in [1.29, 1.82) is 0 Å². The number of thiazole rings is 1. The number of furan rings is 1. The zero-order valence-corrected chi connectivity index (χ0v) is 7.49. The molecule has 0 aliphatic carbocycles. The summed E-state index contributed by atoms with van der Waals surface area (Å²) in [7, 11) is 0. The molecule has 3 nitrogen and oxygen atoms in total. The van der Waals surface area contributed by atoms with Crippen LogP contribution in [0.1, 0.15) is 0 Å². The number of rotatable bonds is 1. The first-order valence-electron chi connectivity index (χ1n) is 3.89. The summed E-state index contributed by atoms with van der Waals surface area (Å²) in [5.74, 6) is 0.816. The van der Waals surface area contributed by atoms with E-state index in [1.807, 2.05) is 34.3 Å². The Balaban J connectivity index is 2.23. The van der Waals surface area contributed by atoms with Gasteiger partial charge in [-0.15, -0.1) is 11.3 Å². The van der Waals surface area contributed by atoms with Gasteiger partial charge < -0.3 is 4.42 Å². The molecular formula is C9H6N2OS. The van der Waals surface area contributed by atoms with Crippen molar-refractivity contribution in [2.45, 2.75) is 0 Å². The van der Waals surface area contributed by atoms with Crippen LogP contribution in [0, 0.1) is 0 Å². The topological polar surface area (TPSA) is 30.4 Å². The van der Waals surface area contributed by atoms with Crippen molar-refractivity contribution < 1.29 is 4.42 Å². The molecule has 0 bridgehead atoms. The van der Waals surface area contributed by atoms with Crippen LogP contribution in [0.5, 0.6) is 0 Å². The smallest absolute Gasteiger partial charge is 0.194 e. The van der Waals surface area contributed by atoms with Crippen LogP contribution in [0.2, 0.25) is 0 Å². The molecular weight excluding hydrogens is 184 g/mol. The third kappa shape index (κ3) is 0.990. The zero-order valence-electron chi connectivity index (χ0n) is 6.68. The van der Waals surface area contributed by atoms with Crippen molar-refractivity contribution in [2.75, 3.05) is 0 Å². The largest absolute Gasteiger partial charge is 0.463 e. The fraction of sp³-hybridized carbons (Fsp3) is 0. The van der Waals surface area contributed by atoms with Gasteiger partial charge in [-0.2, -0.15) is 0 Å². The minimum absolute atomic E-state index is 0.816. The molecule has 3 aromatic rings. The lowest BCUT2D eigenvalue weighted by molar-refractivity contribution is 0.580. The van der Waals surface area contributed by atoms with Crippen LogP contribution in [-0.4, -0.2) is 9.38 Å². The SMILES string of the molecule is c1coc(-c2cn3ccsc3n2)c1. The van der Waals surface area contributed by atoms with E-state index in [4.69, 9.17) is 4.42 Å². The molecule has 64 valence electrons. The van der Waals surface area contributed by atoms with Crippen molar-refractivity contribution >= 4 is 16.3 Å². The van der Waals surface area contributed by atoms with Crippen molar-refractivity contribution in [2.24, 2.45) is 0 Å². The van der Waals surface area contributed by atoms with E-state index < -0.39 is 0 Å². The van der Waals surface area contributed by atoms with Gasteiger partial charge in [0.2, 0.25) is 0 Å². The van der Waals surface area contributed by atoms with E-state index in [0.717, 1.165) is 16.4 Å². The summed E-state index contributed by atoms with van der Waals surface area (Å²) in [6.45, 7) is 0. The third-order valence-electron chi connectivity index (χ3n) is 1.87. The predicted molar refractivity (Wildman–Crippen MR) is 50.8 cm³/mol. The standard InChI is InChI=1S/C9H6N2OS/c1-2-8(12-4-1)7-6-11-3-5-13-9(11)10-7/h1-6H. The van der Waals surface area contributed by atoms with Gasteiger partial charge >= 0.3 is 0 Å². The normalized spacial score (nSPS) is 11.1. The Bertz CT molecular complexity index is 492. The molecule has 0 aliphatic heterocycles. The van der Waals surface area contributed by atoms with Crippen LogP contribution in [0.4, 0.5) is 0 Å². The van der Waals surface area contributed by atoms with Crippen LogP contribution in [0.15, 0.2) is 40.6 Å². The van der Waals surface area contributed by atoms with Gasteiger partial charge in [0.15, 0.2) is 10.7 Å². The van der Waals surface area contributed by atoms with Crippen LogP contribution in [0.25, 0.3) is 16.4 Å². The van der Waals surface area contributed by atoms with Crippen molar-refractivity contribution in [1.82, 2.24) is 9.38 Å². The van der Waals surface area contributed by atoms with Crippen molar-refractivity contribution in [3.8, 4) is 11.5 Å². The highest BCUT2D eigenvalue weighted by atomic mass is 32.1. The first-order valence-corrected chi connectivity index (χ1v) is 4.77. The molecule has 0 radical (unpaired) electrons. The van der Waals surface area contributed by atoms with E-state index in [2.05, 4.69) is 4.98 Å². The molecule has 3 rings (SSSR count). The summed E-state index contributed by atoms with van der Waals surface area (Å²) in [5, 5.41) is 2.01. The molecule has 0 fully saturated rings. The Morgan fingerprint density at radius 1 is 1.46 bits per heavy atom. The molecule has 0 saturated carbocycles. The van der Waals surface area contributed by atoms with E-state index in [0.29, 0.717) is 0 Å². The molecule has 0 aliphatic rings. The maximum atomic E-state index is 5.25. The second kappa shape index (κ2) is 2.47. The first-order chi connectivity index (χ1) is 6.43. The highest BCUT2D eigenvalue weighted by Gasteiger charge is 2.06. The Morgan fingerprint density at radius 2 is 2.46 bits per heavy atom. The van der Waals surface area contributed by atoms with Gasteiger partial charge in [-0.25, -0.2) is 4.98 Å². The summed E-state index contributed by atoms with van der Waals surface area (Å²) < 4.78 is 7.24. The Labute approximate surface area is 78.3 Å². The van der Waals surface area contributed by atoms with Crippen molar-refractivity contribution in [3.05, 3.63) is 36.2 Å². The highest BCUT2D eigenvalue weighted by Crippen LogP contribution is 2.21. The number of imidazole rings is 1. The summed E-state index contributed by atoms with van der Waals surface area (Å²) in [5.41, 5.74) is 0.886. The molecule has 13 heavy (non-hydrogen) atoms. The molecule has 0 aromatic carbocycles. The fourth-order valence-corrected chi connectivity index (χ4v) is 1.97. The number of hydrogen-bond donors (Lipinski definition) is 0. The van der Waals surface area contributed by atoms with Gasteiger partial charge in [0.1, 0.15) is 5.69 Å². The Morgan fingerprint density at radius 3 is 3.23 bits per heavy atom. The first kappa shape index (κ1) is 6.91. The molecule has 3 aromatic heterocycles. The number of nitrogens with zero attached hydrogens (tertiary/aromatic N) is 2. The second-order valence-electron chi connectivity index (χ2n) is 2.70. The lowest BCUT2D eigenvalue weighted by atomic mass is 10.4. The lowest BCUT2D eigenvalue weighted by Gasteiger charge is -1.84. The average molecular weight is 190 g/mol. The van der Waals surface area contributed by atoms with Gasteiger partial charge in [-0.1, -0.05) is 0 Å². The van der Waals surface area contributed by atoms with E-state index in [1.165, 1.54) is 0 Å². The number of fused-ring (bicyclic) bond motifs is 1. The molecule has 0 unspecified atom stereocenters. The summed E-state index contributed by atoms with van der Waals surface area (Å²) >= 11 is 1.62. The minimum Gasteiger partial charge on any atom is -0.463 e. The van der Waals surface area contributed by atoms with Gasteiger partial charge in [0, 0.05) is 17.8 Å². The van der Waals surface area contributed by atoms with Crippen LogP contribution < -0.4 is 0 Å². The molecule has 0 saturated heterocycles. The van der Waals surface area contributed by atoms with Crippen LogP contribution in [0.3, 0.4) is 0 Å². The molecule has 4 heteroatoms. The molecule has 0 N–H and O–H groups in total. The van der Waals surface area contributed by atoms with Gasteiger partial charge in [0.05, 0.1) is 6.26 Å². The third-order valence-corrected chi connectivity index (χ3v) is 2.64. The van der Waals surface area contributed by atoms with E-state index in [1.54, 1.807) is 17.6 Å². The average Bonchev–Trinajstić information content (AvgIpc) is 2.78. The second-order valence-corrected chi connectivity index (χ2v) is 3.57. The van der Waals surface area contributed by atoms with Crippen LogP contribution in [-0.2, 0) is 0 Å². The Hall–Kier alpha value is -1.55. The van der Waals surface area contributed by atoms with Gasteiger partial charge in [-0.3, -0.25) is 4.40 Å². The summed E-state index contributed by atoms with van der Waals surface area (Å²) in [6, 6.07) is 3.77. The Kier molecular flexibility index (Phi) is 1.31. The number of aromatic nitrogens is 2. The summed E-state index contributed by atoms with van der Waals surface area (Å²) in [4.78, 5) is 5.39. The van der Waals surface area contributed by atoms with E-state index in [9.17, 15) is 0 Å². The van der Waals surface area contributed by atoms with E-state index >= 15 is 0 Å². The van der Waals surface area contributed by atoms with Crippen LogP contribution >= 0.6 is 11.3 Å². The van der Waals surface area contributed by atoms with Gasteiger partial charge in [0.25, 0.3) is 0 Å². The van der Waals surface area contributed by atoms with Gasteiger partial charge in [-0.05, 0) is 12.1 Å². The number of hydrogen-bond acceptors (Lipinski definition) is 3. The molecule has 0 atom stereocenters. The predicted octanol–water partition coefficient (Wildman–Crippen LogP) is 2.66. The zero-order chi connectivity index (χ0) is 8.67. The maximum Gasteiger partial charge on any atom is 0.194 e. The summed E-state index contributed by atoms with van der Waals surface area (Å²) in [6.07, 6.45) is 5.60. The fourth-order valence-electron chi connectivity index (χ4n) is 1.27. The van der Waals surface area contributed by atoms with Crippen molar-refractivity contribution in [3.63, 3.8) is 0 Å². The highest BCUT2D eigenvalue weighted by molar-refractivity contribution is 7.15. The van der Waals surface area contributed by atoms with E-state index in [-0.39, 0.29) is 0 Å². The monoisotopic (exact) mass is 190 g/mol. The molecule has 0 spiro atoms.